The number of unbranched alkanes of at least 4 members (excludes halogenated alkanes) is 1. The molecule has 12 amide bonds. The number of aromatic hydroxyl groups is 1. The standard InChI is InChI=1S/C64H105N17O15/c1-35(2)12-10-11-15-51(85)72-43(20-26-65)59(91)81-53(38(6)83)64(96)77-46(23-29-68)56(88)75-47-25-31-71-63(95)52(37(5)82)80-60(92)48(24-30-70-54(86)42(69)33-40-16-18-41(84)19-17-40)76-55(87)44(21-27-66)74-61(93)49(32-36(3)4)78-62(94)50(34-39-13-8-7-9-14-39)79-57(89)45(22-28-67)73-58(47)90/h7-9,13-14,16-19,35-38,42-50,52-53,82-84H,10-12,15,20-34,65-69H2,1-6H3,(H,70,86)(H,71,95)(H,72,85)(H,73,90)(H,74,93)(H,75,88)(H,76,87)(H,77,96)(H,78,94)(H,79,89)(H,80,92)(H,81,91)/t37-,38-,42+,43+,44+,45+,46+,47+,48+,49+,50-,52+,53+/m1/s1. The molecule has 32 nitrogen and oxygen atoms in total. The number of aliphatic hydroxyl groups excluding tert-OH is 2. The number of benzene rings is 2. The van der Waals surface area contributed by atoms with Crippen LogP contribution in [0, 0.1) is 11.8 Å². The van der Waals surface area contributed by atoms with E-state index in [9.17, 15) is 72.9 Å². The first-order valence-corrected chi connectivity index (χ1v) is 32.8. The minimum atomic E-state index is -1.80. The van der Waals surface area contributed by atoms with Crippen molar-refractivity contribution < 1.29 is 72.9 Å². The van der Waals surface area contributed by atoms with Crippen molar-refractivity contribution in [1.29, 1.82) is 0 Å². The van der Waals surface area contributed by atoms with Crippen LogP contribution < -0.4 is 92.5 Å². The third-order valence-corrected chi connectivity index (χ3v) is 15.6. The molecule has 2 aromatic rings. The molecule has 536 valence electrons. The van der Waals surface area contributed by atoms with Gasteiger partial charge >= 0.3 is 0 Å². The number of rotatable bonds is 32. The van der Waals surface area contributed by atoms with E-state index in [-0.39, 0.29) is 102 Å². The van der Waals surface area contributed by atoms with E-state index in [1.807, 2.05) is 0 Å². The van der Waals surface area contributed by atoms with Crippen molar-refractivity contribution in [3.05, 3.63) is 65.7 Å². The fourth-order valence-corrected chi connectivity index (χ4v) is 10.3. The smallest absolute Gasteiger partial charge is 0.245 e. The van der Waals surface area contributed by atoms with Gasteiger partial charge in [0, 0.05) is 25.9 Å². The van der Waals surface area contributed by atoms with Crippen LogP contribution in [0.1, 0.15) is 123 Å². The van der Waals surface area contributed by atoms with E-state index < -0.39 is 163 Å². The molecule has 1 fully saturated rings. The predicted octanol–water partition coefficient (Wildman–Crippen LogP) is -5.20. The first-order chi connectivity index (χ1) is 45.5. The van der Waals surface area contributed by atoms with Crippen molar-refractivity contribution in [2.75, 3.05) is 39.3 Å². The molecule has 1 heterocycles. The Hall–Kier alpha value is -8.40. The maximum Gasteiger partial charge on any atom is 0.245 e. The molecule has 32 heteroatoms. The van der Waals surface area contributed by atoms with Crippen molar-refractivity contribution in [2.45, 2.75) is 204 Å². The lowest BCUT2D eigenvalue weighted by Crippen LogP contribution is -2.62. The molecule has 3 rings (SSSR count). The van der Waals surface area contributed by atoms with Gasteiger partial charge in [0.25, 0.3) is 0 Å². The zero-order valence-electron chi connectivity index (χ0n) is 55.9. The molecule has 96 heavy (non-hydrogen) atoms. The van der Waals surface area contributed by atoms with Gasteiger partial charge in [0.15, 0.2) is 0 Å². The van der Waals surface area contributed by atoms with Crippen LogP contribution in [0.2, 0.25) is 0 Å². The van der Waals surface area contributed by atoms with Gasteiger partial charge in [0.1, 0.15) is 66.2 Å². The zero-order chi connectivity index (χ0) is 71.6. The number of phenols is 1. The topological polar surface area (TPSA) is 540 Å². The molecule has 13 atom stereocenters. The summed E-state index contributed by atoms with van der Waals surface area (Å²) in [6, 6.07) is -2.18. The highest BCUT2D eigenvalue weighted by molar-refractivity contribution is 5.99. The second kappa shape index (κ2) is 42.9. The van der Waals surface area contributed by atoms with E-state index in [2.05, 4.69) is 77.6 Å². The molecule has 25 N–H and O–H groups in total. The Morgan fingerprint density at radius 3 is 1.62 bits per heavy atom. The van der Waals surface area contributed by atoms with E-state index in [0.29, 0.717) is 23.5 Å². The monoisotopic (exact) mass is 1350 g/mol. The van der Waals surface area contributed by atoms with Gasteiger partial charge in [-0.05, 0) is 133 Å². The quantitative estimate of drug-likeness (QED) is 0.0305. The fourth-order valence-electron chi connectivity index (χ4n) is 10.3. The van der Waals surface area contributed by atoms with Crippen LogP contribution in [0.5, 0.6) is 5.75 Å². The van der Waals surface area contributed by atoms with Crippen molar-refractivity contribution in [2.24, 2.45) is 40.5 Å². The molecule has 0 bridgehead atoms. The van der Waals surface area contributed by atoms with Crippen molar-refractivity contribution in [3.63, 3.8) is 0 Å². The van der Waals surface area contributed by atoms with E-state index in [0.717, 1.165) is 19.8 Å². The summed E-state index contributed by atoms with van der Waals surface area (Å²) in [6.07, 6.45) is -2.74. The van der Waals surface area contributed by atoms with Gasteiger partial charge in [-0.1, -0.05) is 83.0 Å². The number of nitrogens with one attached hydrogen (secondary N) is 12. The van der Waals surface area contributed by atoms with Crippen molar-refractivity contribution in [3.8, 4) is 5.75 Å². The molecule has 0 spiro atoms. The Labute approximate surface area is 560 Å². The van der Waals surface area contributed by atoms with Gasteiger partial charge in [0.05, 0.1) is 18.2 Å². The van der Waals surface area contributed by atoms with Crippen LogP contribution in [0.25, 0.3) is 0 Å². The SMILES string of the molecule is CC(C)CCCCC(=O)N[C@@H](CCN)C(=O)N[C@H](C(=O)N[C@@H](CCN)C(=O)N[C@H]1CCNC(=O)[C@H]([C@@H](C)O)NC(=O)[C@H](CCNC(=O)[C@@H](N)Cc2ccc(O)cc2)NC(=O)[C@H](CCN)NC(=O)[C@H](CC(C)C)NC(=O)[C@@H](Cc2ccccc2)NC(=O)[C@H](CCN)NC1=O)[C@@H](C)O. The summed E-state index contributed by atoms with van der Waals surface area (Å²) >= 11 is 0. The van der Waals surface area contributed by atoms with E-state index in [1.54, 1.807) is 56.3 Å². The third-order valence-electron chi connectivity index (χ3n) is 15.6. The minimum Gasteiger partial charge on any atom is -0.508 e. The molecule has 0 saturated carbocycles. The van der Waals surface area contributed by atoms with Gasteiger partial charge in [-0.25, -0.2) is 0 Å². The molecule has 1 aliphatic heterocycles. The lowest BCUT2D eigenvalue weighted by atomic mass is 10.00. The maximum absolute atomic E-state index is 14.7. The predicted molar refractivity (Wildman–Crippen MR) is 355 cm³/mol. The fraction of sp³-hybridized carbons (Fsp3) is 0.625. The average molecular weight is 1350 g/mol. The average Bonchev–Trinajstić information content (AvgIpc) is 0.958. The van der Waals surface area contributed by atoms with Crippen LogP contribution in [0.3, 0.4) is 0 Å². The van der Waals surface area contributed by atoms with Crippen molar-refractivity contribution >= 4 is 70.9 Å². The summed E-state index contributed by atoms with van der Waals surface area (Å²) < 4.78 is 0. The molecule has 0 unspecified atom stereocenters. The second-order valence-corrected chi connectivity index (χ2v) is 24.9. The highest BCUT2D eigenvalue weighted by Gasteiger charge is 2.38. The molecule has 1 aliphatic rings. The van der Waals surface area contributed by atoms with Gasteiger partial charge in [0.2, 0.25) is 70.9 Å². The highest BCUT2D eigenvalue weighted by atomic mass is 16.3. The Kier molecular flexibility index (Phi) is 36.6. The third kappa shape index (κ3) is 29.3. The zero-order valence-corrected chi connectivity index (χ0v) is 55.9. The molecular formula is C64H105N17O15. The van der Waals surface area contributed by atoms with Gasteiger partial charge in [-0.2, -0.15) is 0 Å². The Bertz CT molecular complexity index is 2850. The minimum absolute atomic E-state index is 0.00467. The van der Waals surface area contributed by atoms with E-state index >= 15 is 0 Å². The maximum atomic E-state index is 14.7. The molecule has 2 aromatic carbocycles. The van der Waals surface area contributed by atoms with Crippen LogP contribution in [-0.4, -0.2) is 204 Å². The Morgan fingerprint density at radius 1 is 0.542 bits per heavy atom. The van der Waals surface area contributed by atoms with Gasteiger partial charge < -0.3 is 108 Å². The lowest BCUT2D eigenvalue weighted by molar-refractivity contribution is -0.137. The van der Waals surface area contributed by atoms with Gasteiger partial charge in [-0.15, -0.1) is 0 Å². The van der Waals surface area contributed by atoms with Crippen LogP contribution >= 0.6 is 0 Å². The highest BCUT2D eigenvalue weighted by Crippen LogP contribution is 2.14. The number of carbonyl (C=O) groups is 12. The Morgan fingerprint density at radius 2 is 1.07 bits per heavy atom. The van der Waals surface area contributed by atoms with Crippen LogP contribution in [-0.2, 0) is 70.4 Å². The summed E-state index contributed by atoms with van der Waals surface area (Å²) in [5.74, 6) is -10.8. The normalized spacial score (nSPS) is 21.6. The largest absolute Gasteiger partial charge is 0.508 e. The molecule has 0 radical (unpaired) electrons. The molecule has 0 aromatic heterocycles. The second-order valence-electron chi connectivity index (χ2n) is 24.9. The number of hydrogen-bond donors (Lipinski definition) is 20. The summed E-state index contributed by atoms with van der Waals surface area (Å²) in [7, 11) is 0. The summed E-state index contributed by atoms with van der Waals surface area (Å²) in [4.78, 5) is 169. The number of amides is 12. The number of phenolic OH excluding ortho intramolecular Hbond substituents is 1. The summed E-state index contributed by atoms with van der Waals surface area (Å²) in [5, 5.41) is 62.3. The first kappa shape index (κ1) is 81.8. The van der Waals surface area contributed by atoms with Crippen LogP contribution in [0.4, 0.5) is 0 Å². The summed E-state index contributed by atoms with van der Waals surface area (Å²) in [5.41, 5.74) is 31.0. The number of hydrogen-bond acceptors (Lipinski definition) is 20. The molecule has 1 saturated heterocycles. The lowest BCUT2D eigenvalue weighted by Gasteiger charge is -2.29. The first-order valence-electron chi connectivity index (χ1n) is 32.8. The van der Waals surface area contributed by atoms with E-state index in [1.165, 1.54) is 19.1 Å². The number of nitrogens with two attached hydrogens (primary N) is 5. The van der Waals surface area contributed by atoms with Crippen LogP contribution in [0.15, 0.2) is 54.6 Å². The van der Waals surface area contributed by atoms with Gasteiger partial charge in [-0.3, -0.25) is 57.5 Å². The summed E-state index contributed by atoms with van der Waals surface area (Å²) in [6.45, 7) is 8.45. The Balaban J connectivity index is 2.12. The molecular weight excluding hydrogens is 1250 g/mol. The molecule has 0 aliphatic carbocycles. The van der Waals surface area contributed by atoms with Crippen molar-refractivity contribution in [1.82, 2.24) is 63.8 Å². The number of aliphatic hydroxyl groups is 2. The number of carbonyl (C=O) groups excluding carboxylic acids is 12. The van der Waals surface area contributed by atoms with E-state index in [4.69, 9.17) is 28.7 Å².